The number of fused-ring (bicyclic) bond motifs is 2. The number of rotatable bonds is 0. The maximum absolute atomic E-state index is 3.47. The molecule has 4 rings (SSSR count). The van der Waals surface area contributed by atoms with E-state index in [0.717, 1.165) is 13.1 Å². The second kappa shape index (κ2) is 5.21. The molecule has 2 aliphatic heterocycles. The molecule has 1 N–H and O–H groups in total. The van der Waals surface area contributed by atoms with Crippen LogP contribution in [-0.4, -0.2) is 28.0 Å². The van der Waals surface area contributed by atoms with E-state index in [9.17, 15) is 0 Å². The second-order valence-corrected chi connectivity index (χ2v) is 7.60. The van der Waals surface area contributed by atoms with Crippen LogP contribution < -0.4 is 14.2 Å². The molecule has 0 atom stereocenters. The predicted molar refractivity (Wildman–Crippen MR) is 86.0 cm³/mol. The molecule has 20 heavy (non-hydrogen) atoms. The van der Waals surface area contributed by atoms with E-state index in [4.69, 9.17) is 0 Å². The summed E-state index contributed by atoms with van der Waals surface area (Å²) in [6, 6.07) is 18.0. The number of hydrogen-bond acceptors (Lipinski definition) is 1. The van der Waals surface area contributed by atoms with Gasteiger partial charge in [0.2, 0.25) is 0 Å². The van der Waals surface area contributed by atoms with Gasteiger partial charge in [-0.3, -0.25) is 0 Å². The van der Waals surface area contributed by atoms with Crippen molar-refractivity contribution in [3.8, 4) is 0 Å². The van der Waals surface area contributed by atoms with E-state index in [-0.39, 0.29) is 0 Å². The Morgan fingerprint density at radius 1 is 0.750 bits per heavy atom. The van der Waals surface area contributed by atoms with Crippen LogP contribution in [0.3, 0.4) is 0 Å². The van der Waals surface area contributed by atoms with Gasteiger partial charge in [0.15, 0.2) is 0 Å². The van der Waals surface area contributed by atoms with Gasteiger partial charge in [0, 0.05) is 0 Å². The minimum absolute atomic E-state index is 0.449. The van der Waals surface area contributed by atoms with Gasteiger partial charge in [-0.25, -0.2) is 0 Å². The molecule has 2 aromatic rings. The topological polar surface area (TPSA) is 12.0 Å². The predicted octanol–water partition coefficient (Wildman–Crippen LogP) is 1.84. The Hall–Kier alpha value is -1.34. The molecule has 100 valence electrons. The van der Waals surface area contributed by atoms with Gasteiger partial charge in [-0.1, -0.05) is 0 Å². The third kappa shape index (κ3) is 2.05. The van der Waals surface area contributed by atoms with Crippen LogP contribution in [0.1, 0.15) is 24.0 Å². The zero-order valence-corrected chi connectivity index (χ0v) is 13.1. The third-order valence-electron chi connectivity index (χ3n) is 4.09. The molecule has 0 aromatic heterocycles. The van der Waals surface area contributed by atoms with E-state index in [1.165, 1.54) is 29.5 Å². The van der Waals surface area contributed by atoms with Crippen molar-refractivity contribution in [3.05, 3.63) is 65.2 Å². The van der Waals surface area contributed by atoms with Crippen LogP contribution in [0.2, 0.25) is 0 Å². The molecule has 0 radical (unpaired) electrons. The summed E-state index contributed by atoms with van der Waals surface area (Å²) in [7, 11) is 0. The molecule has 1 fully saturated rings. The van der Waals surface area contributed by atoms with Crippen molar-refractivity contribution in [1.82, 2.24) is 5.32 Å². The number of nitrogens with one attached hydrogen (secondary N) is 1. The number of piperidine rings is 1. The Balaban J connectivity index is 1.97. The Kier molecular flexibility index (Phi) is 3.23. The summed E-state index contributed by atoms with van der Waals surface area (Å²) in [6.45, 7) is 2.24. The van der Waals surface area contributed by atoms with Crippen molar-refractivity contribution in [2.75, 3.05) is 13.1 Å². The number of benzene rings is 2. The average molecular weight is 326 g/mol. The van der Waals surface area contributed by atoms with Crippen LogP contribution in [0.5, 0.6) is 0 Å². The van der Waals surface area contributed by atoms with Gasteiger partial charge in [-0.05, 0) is 0 Å². The van der Waals surface area contributed by atoms with Gasteiger partial charge in [-0.15, -0.1) is 0 Å². The zero-order chi connectivity index (χ0) is 13.4. The molecule has 2 heterocycles. The van der Waals surface area contributed by atoms with E-state index < -0.39 is 0 Å². The van der Waals surface area contributed by atoms with Crippen LogP contribution in [0.15, 0.2) is 54.1 Å². The Labute approximate surface area is 126 Å². The fourth-order valence-electron chi connectivity index (χ4n) is 3.15. The van der Waals surface area contributed by atoms with Crippen LogP contribution in [0, 0.1) is 0 Å². The Morgan fingerprint density at radius 2 is 1.30 bits per heavy atom. The summed E-state index contributed by atoms with van der Waals surface area (Å²) in [5.41, 5.74) is 6.15. The summed E-state index contributed by atoms with van der Waals surface area (Å²) < 4.78 is 3.08. The first-order valence-corrected chi connectivity index (χ1v) is 8.94. The fourth-order valence-corrected chi connectivity index (χ4v) is 5.43. The number of hydrogen-bond donors (Lipinski definition) is 1. The summed E-state index contributed by atoms with van der Waals surface area (Å²) >= 11 is 0.449. The zero-order valence-electron chi connectivity index (χ0n) is 11.4. The summed E-state index contributed by atoms with van der Waals surface area (Å²) in [6.07, 6.45) is 2.37. The molecule has 0 saturated carbocycles. The SMILES string of the molecule is c1ccc2c(c1)[Se]c1ccccc1C2=C1CCNCC1. The molecular formula is C18H17NSe. The molecule has 0 unspecified atom stereocenters. The van der Waals surface area contributed by atoms with E-state index in [1.807, 2.05) is 0 Å². The molecule has 0 aliphatic carbocycles. The molecule has 1 nitrogen and oxygen atoms in total. The van der Waals surface area contributed by atoms with Gasteiger partial charge in [-0.2, -0.15) is 0 Å². The van der Waals surface area contributed by atoms with Crippen molar-refractivity contribution >= 4 is 29.5 Å². The van der Waals surface area contributed by atoms with Gasteiger partial charge in [0.25, 0.3) is 0 Å². The van der Waals surface area contributed by atoms with Crippen LogP contribution >= 0.6 is 0 Å². The van der Waals surface area contributed by atoms with E-state index in [0.29, 0.717) is 15.0 Å². The fraction of sp³-hybridized carbons (Fsp3) is 0.222. The quantitative estimate of drug-likeness (QED) is 0.622. The maximum atomic E-state index is 3.47. The summed E-state index contributed by atoms with van der Waals surface area (Å²) in [5.74, 6) is 0. The second-order valence-electron chi connectivity index (χ2n) is 5.32. The molecule has 1 saturated heterocycles. The molecular weight excluding hydrogens is 309 g/mol. The van der Waals surface area contributed by atoms with Crippen molar-refractivity contribution in [3.63, 3.8) is 0 Å². The van der Waals surface area contributed by atoms with Crippen molar-refractivity contribution < 1.29 is 0 Å². The Bertz CT molecular complexity index is 632. The minimum atomic E-state index is 0.449. The van der Waals surface area contributed by atoms with Crippen LogP contribution in [-0.2, 0) is 0 Å². The molecule has 2 heteroatoms. The third-order valence-corrected chi connectivity index (χ3v) is 6.51. The first kappa shape index (κ1) is 12.4. The molecule has 2 aromatic carbocycles. The van der Waals surface area contributed by atoms with Gasteiger partial charge in [0.05, 0.1) is 0 Å². The van der Waals surface area contributed by atoms with Crippen molar-refractivity contribution in [1.29, 1.82) is 0 Å². The van der Waals surface area contributed by atoms with Gasteiger partial charge in [0.1, 0.15) is 0 Å². The first-order valence-electron chi connectivity index (χ1n) is 7.23. The summed E-state index contributed by atoms with van der Waals surface area (Å²) in [4.78, 5) is 0. The van der Waals surface area contributed by atoms with E-state index >= 15 is 0 Å². The molecule has 0 spiro atoms. The normalized spacial score (nSPS) is 17.6. The Morgan fingerprint density at radius 3 is 1.90 bits per heavy atom. The van der Waals surface area contributed by atoms with Crippen molar-refractivity contribution in [2.24, 2.45) is 0 Å². The van der Waals surface area contributed by atoms with E-state index in [1.54, 1.807) is 14.5 Å². The van der Waals surface area contributed by atoms with E-state index in [2.05, 4.69) is 53.8 Å². The van der Waals surface area contributed by atoms with Crippen molar-refractivity contribution in [2.45, 2.75) is 12.8 Å². The van der Waals surface area contributed by atoms with Crippen LogP contribution in [0.4, 0.5) is 0 Å². The monoisotopic (exact) mass is 327 g/mol. The molecule has 0 bridgehead atoms. The van der Waals surface area contributed by atoms with Gasteiger partial charge < -0.3 is 0 Å². The van der Waals surface area contributed by atoms with Crippen LogP contribution in [0.25, 0.3) is 5.57 Å². The van der Waals surface area contributed by atoms with Gasteiger partial charge >= 0.3 is 126 Å². The summed E-state index contributed by atoms with van der Waals surface area (Å²) in [5, 5.41) is 3.47. The first-order chi connectivity index (χ1) is 9.93. The molecule has 0 amide bonds. The molecule has 2 aliphatic rings. The average Bonchev–Trinajstić information content (AvgIpc) is 2.53. The standard InChI is InChI=1S/C18H17NSe/c1-3-7-16-14(5-1)18(13-9-11-19-12-10-13)15-6-2-4-8-17(15)20-16/h1-8,19H,9-12H2.